The number of primary amides is 1. The lowest BCUT2D eigenvalue weighted by Gasteiger charge is -2.16. The van der Waals surface area contributed by atoms with Crippen LogP contribution in [0, 0.1) is 14.9 Å². The SMILES string of the molecule is COc1cc(/C=C(\C#N)C(N)=O)cc(I)c1OC(C)C. The van der Waals surface area contributed by atoms with Gasteiger partial charge in [0.1, 0.15) is 11.6 Å². The molecule has 1 rings (SSSR count). The maximum Gasteiger partial charge on any atom is 0.259 e. The number of hydrogen-bond acceptors (Lipinski definition) is 4. The highest BCUT2D eigenvalue weighted by Crippen LogP contribution is 2.35. The van der Waals surface area contributed by atoms with Crippen LogP contribution in [-0.2, 0) is 4.79 Å². The van der Waals surface area contributed by atoms with Gasteiger partial charge in [-0.25, -0.2) is 0 Å². The third-order valence-electron chi connectivity index (χ3n) is 2.30. The number of nitriles is 1. The molecule has 106 valence electrons. The van der Waals surface area contributed by atoms with Crippen molar-refractivity contribution in [3.8, 4) is 17.6 Å². The van der Waals surface area contributed by atoms with E-state index in [2.05, 4.69) is 22.6 Å². The number of amides is 1. The van der Waals surface area contributed by atoms with Gasteiger partial charge in [0, 0.05) is 0 Å². The predicted octanol–water partition coefficient (Wildman–Crippen LogP) is 2.48. The van der Waals surface area contributed by atoms with Crippen LogP contribution < -0.4 is 15.2 Å². The third kappa shape index (κ3) is 4.13. The van der Waals surface area contributed by atoms with Gasteiger partial charge >= 0.3 is 0 Å². The molecule has 20 heavy (non-hydrogen) atoms. The summed E-state index contributed by atoms with van der Waals surface area (Å²) in [7, 11) is 1.53. The fraction of sp³-hybridized carbons (Fsp3) is 0.286. The van der Waals surface area contributed by atoms with Crippen LogP contribution in [0.25, 0.3) is 6.08 Å². The first-order valence-corrected chi connectivity index (χ1v) is 6.92. The van der Waals surface area contributed by atoms with E-state index in [9.17, 15) is 4.79 Å². The molecular weight excluding hydrogens is 371 g/mol. The minimum Gasteiger partial charge on any atom is -0.493 e. The summed E-state index contributed by atoms with van der Waals surface area (Å²) in [5.41, 5.74) is 5.65. The predicted molar refractivity (Wildman–Crippen MR) is 84.3 cm³/mol. The molecule has 1 aromatic carbocycles. The summed E-state index contributed by atoms with van der Waals surface area (Å²) in [6, 6.07) is 5.25. The monoisotopic (exact) mass is 386 g/mol. The maximum absolute atomic E-state index is 11.1. The highest BCUT2D eigenvalue weighted by atomic mass is 127. The molecule has 5 nitrogen and oxygen atoms in total. The zero-order valence-electron chi connectivity index (χ0n) is 11.4. The van der Waals surface area contributed by atoms with E-state index in [1.807, 2.05) is 13.8 Å². The van der Waals surface area contributed by atoms with E-state index in [0.717, 1.165) is 3.57 Å². The van der Waals surface area contributed by atoms with Crippen LogP contribution in [0.1, 0.15) is 19.4 Å². The van der Waals surface area contributed by atoms with Gasteiger partial charge in [-0.1, -0.05) is 0 Å². The Morgan fingerprint density at radius 3 is 2.60 bits per heavy atom. The standard InChI is InChI=1S/C14H15IN2O3/c1-8(2)20-13-11(15)5-9(6-12(13)19-3)4-10(7-16)14(17)18/h4-6,8H,1-3H3,(H2,17,18)/b10-4+. The van der Waals surface area contributed by atoms with E-state index < -0.39 is 5.91 Å². The van der Waals surface area contributed by atoms with Gasteiger partial charge in [-0.2, -0.15) is 5.26 Å². The summed E-state index contributed by atoms with van der Waals surface area (Å²) in [5.74, 6) is 0.417. The Hall–Kier alpha value is -1.75. The lowest BCUT2D eigenvalue weighted by atomic mass is 10.1. The zero-order valence-corrected chi connectivity index (χ0v) is 13.6. The van der Waals surface area contributed by atoms with Crippen LogP contribution >= 0.6 is 22.6 Å². The number of hydrogen-bond donors (Lipinski definition) is 1. The van der Waals surface area contributed by atoms with Crippen LogP contribution in [0.2, 0.25) is 0 Å². The molecule has 0 saturated heterocycles. The van der Waals surface area contributed by atoms with E-state index in [1.165, 1.54) is 13.2 Å². The highest BCUT2D eigenvalue weighted by Gasteiger charge is 2.13. The summed E-state index contributed by atoms with van der Waals surface area (Å²) < 4.78 is 11.8. The minimum atomic E-state index is -0.760. The van der Waals surface area contributed by atoms with Gasteiger partial charge < -0.3 is 15.2 Å². The molecule has 0 heterocycles. The summed E-state index contributed by atoms with van der Waals surface area (Å²) >= 11 is 2.11. The van der Waals surface area contributed by atoms with Gasteiger partial charge in [0.25, 0.3) is 5.91 Å². The summed E-state index contributed by atoms with van der Waals surface area (Å²) in [6.45, 7) is 3.84. The molecule has 0 bridgehead atoms. The number of methoxy groups -OCH3 is 1. The zero-order chi connectivity index (χ0) is 15.3. The Morgan fingerprint density at radius 2 is 2.15 bits per heavy atom. The number of nitrogens with zero attached hydrogens (tertiary/aromatic N) is 1. The molecule has 0 spiro atoms. The molecule has 0 aliphatic carbocycles. The lowest BCUT2D eigenvalue weighted by Crippen LogP contribution is -2.12. The average Bonchev–Trinajstić information content (AvgIpc) is 2.37. The molecule has 0 fully saturated rings. The average molecular weight is 386 g/mol. The maximum atomic E-state index is 11.1. The molecule has 0 unspecified atom stereocenters. The van der Waals surface area contributed by atoms with Crippen molar-refractivity contribution in [2.45, 2.75) is 20.0 Å². The summed E-state index contributed by atoms with van der Waals surface area (Å²) in [6.07, 6.45) is 1.44. The molecule has 0 aliphatic heterocycles. The van der Waals surface area contributed by atoms with E-state index in [4.69, 9.17) is 20.5 Å². The highest BCUT2D eigenvalue weighted by molar-refractivity contribution is 14.1. The molecule has 6 heteroatoms. The first kappa shape index (κ1) is 16.3. The number of halogens is 1. The number of nitrogens with two attached hydrogens (primary N) is 1. The van der Waals surface area contributed by atoms with Crippen molar-refractivity contribution < 1.29 is 14.3 Å². The van der Waals surface area contributed by atoms with Crippen molar-refractivity contribution in [3.63, 3.8) is 0 Å². The van der Waals surface area contributed by atoms with E-state index in [-0.39, 0.29) is 11.7 Å². The fourth-order valence-corrected chi connectivity index (χ4v) is 2.25. The van der Waals surface area contributed by atoms with Gasteiger partial charge in [0.05, 0.1) is 16.8 Å². The van der Waals surface area contributed by atoms with Crippen molar-refractivity contribution in [1.82, 2.24) is 0 Å². The van der Waals surface area contributed by atoms with Crippen LogP contribution in [0.15, 0.2) is 17.7 Å². The van der Waals surface area contributed by atoms with Crippen LogP contribution in [0.3, 0.4) is 0 Å². The molecule has 0 saturated carbocycles. The van der Waals surface area contributed by atoms with Gasteiger partial charge in [0.15, 0.2) is 11.5 Å². The minimum absolute atomic E-state index is 0.0131. The summed E-state index contributed by atoms with van der Waals surface area (Å²) in [4.78, 5) is 11.1. The van der Waals surface area contributed by atoms with Crippen molar-refractivity contribution >= 4 is 34.6 Å². The van der Waals surface area contributed by atoms with Crippen molar-refractivity contribution in [1.29, 1.82) is 5.26 Å². The van der Waals surface area contributed by atoms with E-state index in [0.29, 0.717) is 17.1 Å². The summed E-state index contributed by atoms with van der Waals surface area (Å²) in [5, 5.41) is 8.85. The van der Waals surface area contributed by atoms with Gasteiger partial charge in [0.2, 0.25) is 0 Å². The molecule has 1 amide bonds. The molecule has 0 atom stereocenters. The Morgan fingerprint density at radius 1 is 1.50 bits per heavy atom. The Kier molecular flexibility index (Phi) is 5.82. The van der Waals surface area contributed by atoms with Crippen molar-refractivity contribution in [2.24, 2.45) is 5.73 Å². The van der Waals surface area contributed by atoms with Gasteiger partial charge in [-0.05, 0) is 60.2 Å². The smallest absolute Gasteiger partial charge is 0.259 e. The first-order chi connectivity index (χ1) is 9.38. The Bertz CT molecular complexity index is 589. The largest absolute Gasteiger partial charge is 0.493 e. The van der Waals surface area contributed by atoms with Gasteiger partial charge in [-0.3, -0.25) is 4.79 Å². The number of carbonyl (C=O) groups is 1. The van der Waals surface area contributed by atoms with Crippen molar-refractivity contribution in [2.75, 3.05) is 7.11 Å². The first-order valence-electron chi connectivity index (χ1n) is 5.84. The molecule has 0 aliphatic rings. The second-order valence-corrected chi connectivity index (χ2v) is 5.40. The van der Waals surface area contributed by atoms with Crippen molar-refractivity contribution in [3.05, 3.63) is 26.8 Å². The van der Waals surface area contributed by atoms with E-state index in [1.54, 1.807) is 18.2 Å². The Balaban J connectivity index is 3.30. The molecule has 1 aromatic rings. The second kappa shape index (κ2) is 7.14. The molecule has 0 aromatic heterocycles. The normalized spacial score (nSPS) is 11.1. The molecular formula is C14H15IN2O3. The third-order valence-corrected chi connectivity index (χ3v) is 3.10. The second-order valence-electron chi connectivity index (χ2n) is 4.23. The van der Waals surface area contributed by atoms with Crippen LogP contribution in [0.5, 0.6) is 11.5 Å². The molecule has 2 N–H and O–H groups in total. The van der Waals surface area contributed by atoms with Gasteiger partial charge in [-0.15, -0.1) is 0 Å². The lowest BCUT2D eigenvalue weighted by molar-refractivity contribution is -0.114. The number of ether oxygens (including phenoxy) is 2. The fourth-order valence-electron chi connectivity index (χ4n) is 1.50. The topological polar surface area (TPSA) is 85.3 Å². The molecule has 0 radical (unpaired) electrons. The number of carbonyl (C=O) groups excluding carboxylic acids is 1. The van der Waals surface area contributed by atoms with Crippen LogP contribution in [0.4, 0.5) is 0 Å². The number of rotatable bonds is 5. The quantitative estimate of drug-likeness (QED) is 0.479. The number of benzene rings is 1. The van der Waals surface area contributed by atoms with Crippen LogP contribution in [-0.4, -0.2) is 19.1 Å². The van der Waals surface area contributed by atoms with E-state index >= 15 is 0 Å². The Labute approximate surface area is 131 Å².